The third kappa shape index (κ3) is 45.0. The fourth-order valence-corrected chi connectivity index (χ4v) is 0. The summed E-state index contributed by atoms with van der Waals surface area (Å²) in [5, 5.41) is 0. The van der Waals surface area contributed by atoms with Crippen LogP contribution in [0.3, 0.4) is 0 Å². The molecule has 7 heteroatoms. The Morgan fingerprint density at radius 3 is 1.29 bits per heavy atom. The molecule has 0 saturated carbocycles. The number of hydrogen-bond donors (Lipinski definition) is 2. The molecule has 34 valence electrons. The second-order valence-electron chi connectivity index (χ2n) is 0.473. The Morgan fingerprint density at radius 2 is 1.29 bits per heavy atom. The smallest absolute Gasteiger partial charge is 0.299 e. The molecule has 0 aliphatic heterocycles. The van der Waals surface area contributed by atoms with Crippen molar-refractivity contribution in [1.29, 1.82) is 0 Å². The van der Waals surface area contributed by atoms with Crippen LogP contribution in [0.4, 0.5) is 4.20 Å². The zero-order chi connectivity index (χ0) is 4.50. The van der Waals surface area contributed by atoms with Crippen LogP contribution in [0, 0.1) is 0 Å². The standard InChI is InChI=1S/FH2O3P.2K/c1-5(2,3)4;;/h(H2,2,3,4);;. The van der Waals surface area contributed by atoms with Crippen LogP contribution in [0.25, 0.3) is 0 Å². The Kier molecular flexibility index (Phi) is 17.9. The minimum absolute atomic E-state index is 0. The molecule has 2 N–H and O–H groups in total. The van der Waals surface area contributed by atoms with Crippen molar-refractivity contribution in [2.75, 3.05) is 0 Å². The Bertz CT molecular complexity index is 59.1. The van der Waals surface area contributed by atoms with Gasteiger partial charge in [0.1, 0.15) is 0 Å². The number of rotatable bonds is 0. The van der Waals surface area contributed by atoms with E-state index in [9.17, 15) is 4.20 Å². The second-order valence-corrected chi connectivity index (χ2v) is 1.42. The van der Waals surface area contributed by atoms with E-state index < -0.39 is 7.91 Å². The van der Waals surface area contributed by atoms with E-state index >= 15 is 0 Å². The van der Waals surface area contributed by atoms with Gasteiger partial charge in [0.25, 0.3) is 0 Å². The predicted molar refractivity (Wildman–Crippen MR) is 24.7 cm³/mol. The van der Waals surface area contributed by atoms with E-state index in [2.05, 4.69) is 0 Å². The maximum Gasteiger partial charge on any atom is 0.507 e. The fourth-order valence-electron chi connectivity index (χ4n) is 0. The molecule has 0 aromatic rings. The molecule has 0 unspecified atom stereocenters. The minimum Gasteiger partial charge on any atom is -0.299 e. The third-order valence-corrected chi connectivity index (χ3v) is 0. The van der Waals surface area contributed by atoms with E-state index in [1.54, 1.807) is 0 Å². The van der Waals surface area contributed by atoms with Gasteiger partial charge in [-0.3, -0.25) is 9.79 Å². The van der Waals surface area contributed by atoms with Gasteiger partial charge in [0.05, 0.1) is 0 Å². The SMILES string of the molecule is O=P(O)(O)F.[K].[K]. The van der Waals surface area contributed by atoms with Crippen molar-refractivity contribution < 1.29 is 18.5 Å². The Morgan fingerprint density at radius 1 is 1.29 bits per heavy atom. The zero-order valence-electron chi connectivity index (χ0n) is 4.13. The van der Waals surface area contributed by atoms with E-state index in [1.165, 1.54) is 0 Å². The van der Waals surface area contributed by atoms with Crippen molar-refractivity contribution in [3.63, 3.8) is 0 Å². The van der Waals surface area contributed by atoms with Gasteiger partial charge in [-0.25, -0.2) is 4.57 Å². The molecule has 0 atom stereocenters. The monoisotopic (exact) mass is 178 g/mol. The van der Waals surface area contributed by atoms with E-state index in [4.69, 9.17) is 14.4 Å². The van der Waals surface area contributed by atoms with Gasteiger partial charge in [-0.05, 0) is 0 Å². The van der Waals surface area contributed by atoms with Crippen molar-refractivity contribution in [1.82, 2.24) is 0 Å². The van der Waals surface area contributed by atoms with Crippen LogP contribution < -0.4 is 0 Å². The minimum atomic E-state index is -5.14. The maximum atomic E-state index is 10.4. The first-order chi connectivity index (χ1) is 2.00. The summed E-state index contributed by atoms with van der Waals surface area (Å²) < 4.78 is 19.0. The van der Waals surface area contributed by atoms with Crippen LogP contribution in [0.2, 0.25) is 0 Å². The van der Waals surface area contributed by atoms with Crippen molar-refractivity contribution in [2.24, 2.45) is 0 Å². The summed E-state index contributed by atoms with van der Waals surface area (Å²) in [6.45, 7) is 0. The summed E-state index contributed by atoms with van der Waals surface area (Å²) in [5.41, 5.74) is 0. The summed E-state index contributed by atoms with van der Waals surface area (Å²) in [6.07, 6.45) is 0. The van der Waals surface area contributed by atoms with Crippen molar-refractivity contribution >= 4 is 111 Å². The molecule has 0 aromatic heterocycles. The molecule has 0 fully saturated rings. The molecule has 0 aliphatic rings. The van der Waals surface area contributed by atoms with Gasteiger partial charge in [-0.15, -0.1) is 4.20 Å². The van der Waals surface area contributed by atoms with E-state index in [0.29, 0.717) is 0 Å². The summed E-state index contributed by atoms with van der Waals surface area (Å²) in [7, 11) is -5.14. The van der Waals surface area contributed by atoms with Gasteiger partial charge in [0.15, 0.2) is 0 Å². The molecular formula is H2FK2O3P. The summed E-state index contributed by atoms with van der Waals surface area (Å²) in [4.78, 5) is 13.9. The molecule has 7 heavy (non-hydrogen) atoms. The first kappa shape index (κ1) is 16.8. The first-order valence-electron chi connectivity index (χ1n) is 0.752. The molecule has 0 aliphatic carbocycles. The largest absolute Gasteiger partial charge is 0.507 e. The molecule has 0 amide bonds. The quantitative estimate of drug-likeness (QED) is 0.380. The van der Waals surface area contributed by atoms with Crippen LogP contribution in [-0.2, 0) is 4.57 Å². The first-order valence-corrected chi connectivity index (χ1v) is 2.25. The van der Waals surface area contributed by atoms with Gasteiger partial charge in [-0.1, -0.05) is 0 Å². The molecule has 0 spiro atoms. The topological polar surface area (TPSA) is 57.5 Å². The number of halogens is 1. The Balaban J connectivity index is -0.0000000800. The summed E-state index contributed by atoms with van der Waals surface area (Å²) in [5.74, 6) is 0. The van der Waals surface area contributed by atoms with Gasteiger partial charge >= 0.3 is 7.91 Å². The van der Waals surface area contributed by atoms with E-state index in [-0.39, 0.29) is 103 Å². The second kappa shape index (κ2) is 7.46. The molecule has 0 rings (SSSR count). The average Bonchev–Trinajstić information content (AvgIpc) is 0.722. The number of hydrogen-bond acceptors (Lipinski definition) is 1. The Hall–Kier alpha value is 3.35. The van der Waals surface area contributed by atoms with Gasteiger partial charge in [-0.2, -0.15) is 0 Å². The molecule has 2 radical (unpaired) electrons. The van der Waals surface area contributed by atoms with E-state index in [1.807, 2.05) is 0 Å². The maximum absolute atomic E-state index is 10.4. The molecule has 0 heterocycles. The average molecular weight is 178 g/mol. The van der Waals surface area contributed by atoms with Gasteiger partial charge in [0.2, 0.25) is 0 Å². The molecule has 0 bridgehead atoms. The van der Waals surface area contributed by atoms with Crippen molar-refractivity contribution in [2.45, 2.75) is 0 Å². The normalized spacial score (nSPS) is 8.43. The van der Waals surface area contributed by atoms with Gasteiger partial charge < -0.3 is 0 Å². The molecule has 0 aromatic carbocycles. The summed E-state index contributed by atoms with van der Waals surface area (Å²) >= 11 is 0. The van der Waals surface area contributed by atoms with Crippen LogP contribution in [-0.4, -0.2) is 113 Å². The summed E-state index contributed by atoms with van der Waals surface area (Å²) in [6, 6.07) is 0. The van der Waals surface area contributed by atoms with Gasteiger partial charge in [0, 0.05) is 103 Å². The predicted octanol–water partition coefficient (Wildman–Crippen LogP) is -0.713. The van der Waals surface area contributed by atoms with Crippen LogP contribution in [0.5, 0.6) is 0 Å². The van der Waals surface area contributed by atoms with Crippen molar-refractivity contribution in [3.05, 3.63) is 0 Å². The van der Waals surface area contributed by atoms with Crippen molar-refractivity contribution in [3.8, 4) is 0 Å². The van der Waals surface area contributed by atoms with Crippen LogP contribution in [0.15, 0.2) is 0 Å². The molecule has 0 saturated heterocycles. The Labute approximate surface area is 126 Å². The van der Waals surface area contributed by atoms with Crippen LogP contribution in [0.1, 0.15) is 0 Å². The molecule has 3 nitrogen and oxygen atoms in total. The zero-order valence-corrected chi connectivity index (χ0v) is 11.3. The third-order valence-electron chi connectivity index (χ3n) is 0. The molecular weight excluding hydrogens is 176 g/mol. The van der Waals surface area contributed by atoms with Crippen LogP contribution >= 0.6 is 7.91 Å². The fraction of sp³-hybridized carbons (Fsp3) is 0. The van der Waals surface area contributed by atoms with E-state index in [0.717, 1.165) is 0 Å².